The van der Waals surface area contributed by atoms with Crippen LogP contribution in [-0.4, -0.2) is 27.3 Å². The van der Waals surface area contributed by atoms with Crippen molar-refractivity contribution in [1.82, 2.24) is 14.8 Å². The lowest BCUT2D eigenvalue weighted by Gasteiger charge is -2.00. The second-order valence-corrected chi connectivity index (χ2v) is 5.54. The second kappa shape index (κ2) is 6.36. The number of carbonyl (C=O) groups excluding carboxylic acids is 1. The number of aromatic amines is 1. The highest BCUT2D eigenvalue weighted by Crippen LogP contribution is 2.20. The van der Waals surface area contributed by atoms with Crippen LogP contribution >= 0.6 is 11.3 Å². The molecule has 124 valence electrons. The molecule has 2 aromatic heterocycles. The van der Waals surface area contributed by atoms with E-state index in [4.69, 9.17) is 4.74 Å². The van der Waals surface area contributed by atoms with E-state index in [1.807, 2.05) is 0 Å². The first-order valence-electron chi connectivity index (χ1n) is 6.90. The number of hydrogen-bond acceptors (Lipinski definition) is 5. The van der Waals surface area contributed by atoms with Gasteiger partial charge in [0, 0.05) is 17.0 Å². The number of thiazole rings is 1. The number of hydrogen-bond donors (Lipinski definition) is 1. The van der Waals surface area contributed by atoms with Crippen LogP contribution in [0.15, 0.2) is 34.4 Å². The molecule has 0 aliphatic heterocycles. The molecule has 0 spiro atoms. The molecule has 3 aromatic rings. The Morgan fingerprint density at radius 2 is 2.12 bits per heavy atom. The summed E-state index contributed by atoms with van der Waals surface area (Å²) in [5, 5.41) is 4.46. The van der Waals surface area contributed by atoms with Gasteiger partial charge >= 0.3 is 5.97 Å². The van der Waals surface area contributed by atoms with Gasteiger partial charge in [-0.3, -0.25) is 9.89 Å². The van der Waals surface area contributed by atoms with Crippen molar-refractivity contribution < 1.29 is 18.3 Å². The first-order chi connectivity index (χ1) is 11.5. The van der Waals surface area contributed by atoms with Gasteiger partial charge < -0.3 is 4.74 Å². The highest BCUT2D eigenvalue weighted by molar-refractivity contribution is 7.12. The number of nitrogens with zero attached hydrogens (tertiary/aromatic N) is 2. The molecule has 0 fully saturated rings. The average molecular weight is 351 g/mol. The molecule has 24 heavy (non-hydrogen) atoms. The largest absolute Gasteiger partial charge is 0.461 e. The van der Waals surface area contributed by atoms with Gasteiger partial charge in [0.15, 0.2) is 17.3 Å². The summed E-state index contributed by atoms with van der Waals surface area (Å²) >= 11 is 1.07. The number of nitrogens with one attached hydrogen (secondary N) is 1. The highest BCUT2D eigenvalue weighted by Gasteiger charge is 2.15. The Morgan fingerprint density at radius 1 is 1.33 bits per heavy atom. The Kier molecular flexibility index (Phi) is 4.26. The fraction of sp³-hybridized carbons (Fsp3) is 0.133. The van der Waals surface area contributed by atoms with Gasteiger partial charge in [0.05, 0.1) is 12.3 Å². The minimum atomic E-state index is -1.01. The molecule has 1 N–H and O–H groups in total. The predicted octanol–water partition coefficient (Wildman–Crippen LogP) is 2.74. The normalized spacial score (nSPS) is 10.8. The summed E-state index contributed by atoms with van der Waals surface area (Å²) in [4.78, 5) is 27.7. The van der Waals surface area contributed by atoms with E-state index in [2.05, 4.69) is 10.1 Å². The highest BCUT2D eigenvalue weighted by atomic mass is 32.1. The molecule has 2 heterocycles. The number of benzene rings is 1. The van der Waals surface area contributed by atoms with E-state index in [0.29, 0.717) is 11.3 Å². The number of esters is 1. The zero-order valence-electron chi connectivity index (χ0n) is 12.4. The smallest absolute Gasteiger partial charge is 0.357 e. The second-order valence-electron chi connectivity index (χ2n) is 4.71. The van der Waals surface area contributed by atoms with Gasteiger partial charge in [-0.05, 0) is 25.1 Å². The van der Waals surface area contributed by atoms with Crippen molar-refractivity contribution in [1.29, 1.82) is 0 Å². The average Bonchev–Trinajstić information content (AvgIpc) is 3.17. The van der Waals surface area contributed by atoms with Gasteiger partial charge in [0.25, 0.3) is 5.56 Å². The Labute approximate surface area is 138 Å². The predicted molar refractivity (Wildman–Crippen MR) is 83.4 cm³/mol. The summed E-state index contributed by atoms with van der Waals surface area (Å²) in [5.74, 6) is -2.57. The summed E-state index contributed by atoms with van der Waals surface area (Å²) in [7, 11) is 0. The van der Waals surface area contributed by atoms with Crippen molar-refractivity contribution in [3.8, 4) is 16.4 Å². The maximum Gasteiger partial charge on any atom is 0.357 e. The molecule has 0 saturated carbocycles. The van der Waals surface area contributed by atoms with Gasteiger partial charge in [0.1, 0.15) is 0 Å². The van der Waals surface area contributed by atoms with Crippen LogP contribution in [0.3, 0.4) is 0 Å². The van der Waals surface area contributed by atoms with Crippen LogP contribution in [0.5, 0.6) is 0 Å². The van der Waals surface area contributed by atoms with Gasteiger partial charge in [-0.2, -0.15) is 4.68 Å². The van der Waals surface area contributed by atoms with Crippen LogP contribution in [0, 0.1) is 11.6 Å². The maximum absolute atomic E-state index is 13.3. The zero-order chi connectivity index (χ0) is 17.3. The fourth-order valence-corrected chi connectivity index (χ4v) is 2.77. The van der Waals surface area contributed by atoms with E-state index < -0.39 is 23.2 Å². The molecule has 0 atom stereocenters. The number of rotatable bonds is 4. The molecule has 9 heteroatoms. The van der Waals surface area contributed by atoms with E-state index in [9.17, 15) is 18.4 Å². The number of carbonyl (C=O) groups is 1. The van der Waals surface area contributed by atoms with Crippen molar-refractivity contribution in [2.75, 3.05) is 6.61 Å². The van der Waals surface area contributed by atoms with E-state index in [1.165, 1.54) is 17.5 Å². The van der Waals surface area contributed by atoms with Crippen LogP contribution in [0.25, 0.3) is 16.4 Å². The van der Waals surface area contributed by atoms with Crippen LogP contribution in [0.4, 0.5) is 8.78 Å². The SMILES string of the molecule is CCOC(=O)c1csc(-n2[nH]c(-c3ccc(F)c(F)c3)cc2=O)n1. The Bertz CT molecular complexity index is 961. The molecule has 3 rings (SSSR count). The summed E-state index contributed by atoms with van der Waals surface area (Å²) in [6.07, 6.45) is 0. The zero-order valence-corrected chi connectivity index (χ0v) is 13.2. The van der Waals surface area contributed by atoms with E-state index in [-0.39, 0.29) is 17.4 Å². The molecule has 0 unspecified atom stereocenters. The molecule has 0 saturated heterocycles. The third-order valence-electron chi connectivity index (χ3n) is 3.12. The van der Waals surface area contributed by atoms with E-state index in [1.54, 1.807) is 6.92 Å². The molecule has 0 aliphatic rings. The standard InChI is InChI=1S/C15H11F2N3O3S/c1-2-23-14(22)12-7-24-15(18-12)20-13(21)6-11(19-20)8-3-4-9(16)10(17)5-8/h3-7,19H,2H2,1H3. The third-order valence-corrected chi connectivity index (χ3v) is 3.94. The molecule has 0 aliphatic carbocycles. The minimum Gasteiger partial charge on any atom is -0.461 e. The van der Waals surface area contributed by atoms with Crippen molar-refractivity contribution in [3.63, 3.8) is 0 Å². The lowest BCUT2D eigenvalue weighted by molar-refractivity contribution is 0.0520. The lowest BCUT2D eigenvalue weighted by atomic mass is 10.1. The van der Waals surface area contributed by atoms with Crippen LogP contribution in [0.2, 0.25) is 0 Å². The molecular weight excluding hydrogens is 340 g/mol. The van der Waals surface area contributed by atoms with Crippen LogP contribution < -0.4 is 5.56 Å². The first-order valence-corrected chi connectivity index (χ1v) is 7.78. The van der Waals surface area contributed by atoms with Crippen LogP contribution in [-0.2, 0) is 4.74 Å². The summed E-state index contributed by atoms with van der Waals surface area (Å²) in [6.45, 7) is 1.89. The molecule has 0 radical (unpaired) electrons. The Hall–Kier alpha value is -2.81. The van der Waals surface area contributed by atoms with Gasteiger partial charge in [0.2, 0.25) is 5.13 Å². The molecular formula is C15H11F2N3O3S. The maximum atomic E-state index is 13.3. The molecule has 6 nitrogen and oxygen atoms in total. The summed E-state index contributed by atoms with van der Waals surface area (Å²) in [6, 6.07) is 4.54. The summed E-state index contributed by atoms with van der Waals surface area (Å²) < 4.78 is 32.3. The third kappa shape index (κ3) is 2.98. The fourth-order valence-electron chi connectivity index (χ4n) is 2.02. The van der Waals surface area contributed by atoms with Crippen molar-refractivity contribution in [2.45, 2.75) is 6.92 Å². The van der Waals surface area contributed by atoms with Crippen molar-refractivity contribution in [2.24, 2.45) is 0 Å². The minimum absolute atomic E-state index is 0.0905. The van der Waals surface area contributed by atoms with Gasteiger partial charge in [-0.1, -0.05) is 0 Å². The number of halogens is 2. The first kappa shape index (κ1) is 16.1. The molecule has 0 bridgehead atoms. The molecule has 0 amide bonds. The number of aromatic nitrogens is 3. The Morgan fingerprint density at radius 3 is 2.83 bits per heavy atom. The quantitative estimate of drug-likeness (QED) is 0.733. The molecule has 1 aromatic carbocycles. The number of H-pyrrole nitrogens is 1. The van der Waals surface area contributed by atoms with E-state index in [0.717, 1.165) is 28.2 Å². The monoisotopic (exact) mass is 351 g/mol. The number of ether oxygens (including phenoxy) is 1. The Balaban J connectivity index is 1.96. The van der Waals surface area contributed by atoms with Crippen molar-refractivity contribution in [3.05, 3.63) is 57.3 Å². The van der Waals surface area contributed by atoms with E-state index >= 15 is 0 Å². The van der Waals surface area contributed by atoms with Crippen LogP contribution in [0.1, 0.15) is 17.4 Å². The summed E-state index contributed by atoms with van der Waals surface area (Å²) in [5.41, 5.74) is 0.255. The lowest BCUT2D eigenvalue weighted by Crippen LogP contribution is -2.14. The van der Waals surface area contributed by atoms with Crippen molar-refractivity contribution >= 4 is 17.3 Å². The topological polar surface area (TPSA) is 77.0 Å². The van der Waals surface area contributed by atoms with Gasteiger partial charge in [-0.15, -0.1) is 11.3 Å². The van der Waals surface area contributed by atoms with Gasteiger partial charge in [-0.25, -0.2) is 18.6 Å².